The first-order chi connectivity index (χ1) is 13.0. The van der Waals surface area contributed by atoms with E-state index >= 15 is 0 Å². The van der Waals surface area contributed by atoms with Gasteiger partial charge in [-0.25, -0.2) is 0 Å². The fourth-order valence-corrected chi connectivity index (χ4v) is 4.17. The fraction of sp³-hybridized carbons (Fsp3) is 0.250. The molecule has 0 aliphatic rings. The van der Waals surface area contributed by atoms with Gasteiger partial charge in [0.15, 0.2) is 11.0 Å². The number of hydrogen-bond donors (Lipinski definition) is 0. The number of nitrogens with zero attached hydrogens (tertiary/aromatic N) is 4. The highest BCUT2D eigenvalue weighted by Gasteiger charge is 2.26. The molecular formula is C20H21ClN4OS. The van der Waals surface area contributed by atoms with Crippen molar-refractivity contribution in [2.75, 3.05) is 14.1 Å². The van der Waals surface area contributed by atoms with Crippen LogP contribution >= 0.6 is 23.4 Å². The van der Waals surface area contributed by atoms with Gasteiger partial charge in [-0.3, -0.25) is 4.79 Å². The molecule has 27 heavy (non-hydrogen) atoms. The quantitative estimate of drug-likeness (QED) is 0.570. The predicted octanol–water partition coefficient (Wildman–Crippen LogP) is 4.54. The van der Waals surface area contributed by atoms with E-state index in [0.29, 0.717) is 16.7 Å². The highest BCUT2D eigenvalue weighted by atomic mass is 35.5. The van der Waals surface area contributed by atoms with Gasteiger partial charge in [-0.05, 0) is 24.6 Å². The van der Waals surface area contributed by atoms with E-state index in [0.717, 1.165) is 17.0 Å². The summed E-state index contributed by atoms with van der Waals surface area (Å²) in [5, 5.41) is 9.69. The van der Waals surface area contributed by atoms with Crippen molar-refractivity contribution in [2.45, 2.75) is 23.9 Å². The molecule has 0 spiro atoms. The molecule has 7 heteroatoms. The summed E-state index contributed by atoms with van der Waals surface area (Å²) in [4.78, 5) is 14.4. The van der Waals surface area contributed by atoms with Crippen LogP contribution in [0.1, 0.15) is 17.7 Å². The zero-order valence-corrected chi connectivity index (χ0v) is 17.0. The molecule has 1 aromatic heterocycles. The van der Waals surface area contributed by atoms with Gasteiger partial charge < -0.3 is 9.47 Å². The molecule has 0 bridgehead atoms. The summed E-state index contributed by atoms with van der Waals surface area (Å²) < 4.78 is 2.01. The maximum Gasteiger partial charge on any atom is 0.240 e. The third-order valence-corrected chi connectivity index (χ3v) is 5.56. The molecule has 0 aliphatic heterocycles. The van der Waals surface area contributed by atoms with E-state index < -0.39 is 0 Å². The average molecular weight is 401 g/mol. The van der Waals surface area contributed by atoms with E-state index in [-0.39, 0.29) is 11.2 Å². The van der Waals surface area contributed by atoms with E-state index in [1.807, 2.05) is 66.1 Å². The topological polar surface area (TPSA) is 51.0 Å². The Kier molecular flexibility index (Phi) is 6.19. The van der Waals surface area contributed by atoms with Gasteiger partial charge in [0.25, 0.3) is 0 Å². The van der Waals surface area contributed by atoms with Crippen molar-refractivity contribution in [3.63, 3.8) is 0 Å². The molecule has 140 valence electrons. The SMILES string of the molecule is CCn1c(SC(C(=O)N(C)C)c2ccccc2)nnc1-c1cccc(Cl)c1. The highest BCUT2D eigenvalue weighted by molar-refractivity contribution is 8.00. The van der Waals surface area contributed by atoms with Gasteiger partial charge in [0.05, 0.1) is 0 Å². The first-order valence-corrected chi connectivity index (χ1v) is 9.89. The lowest BCUT2D eigenvalue weighted by atomic mass is 10.1. The van der Waals surface area contributed by atoms with Crippen molar-refractivity contribution < 1.29 is 4.79 Å². The maximum atomic E-state index is 12.8. The summed E-state index contributed by atoms with van der Waals surface area (Å²) in [6.45, 7) is 2.72. The van der Waals surface area contributed by atoms with Gasteiger partial charge in [0.2, 0.25) is 5.91 Å². The molecule has 0 radical (unpaired) electrons. The average Bonchev–Trinajstić information content (AvgIpc) is 3.08. The molecular weight excluding hydrogens is 380 g/mol. The van der Waals surface area contributed by atoms with E-state index in [4.69, 9.17) is 11.6 Å². The monoisotopic (exact) mass is 400 g/mol. The van der Waals surface area contributed by atoms with Gasteiger partial charge >= 0.3 is 0 Å². The van der Waals surface area contributed by atoms with Crippen LogP contribution in [0.2, 0.25) is 5.02 Å². The van der Waals surface area contributed by atoms with Crippen molar-refractivity contribution in [1.29, 1.82) is 0 Å². The third kappa shape index (κ3) is 4.34. The molecule has 0 saturated heterocycles. The first kappa shape index (κ1) is 19.5. The van der Waals surface area contributed by atoms with Gasteiger partial charge in [-0.15, -0.1) is 10.2 Å². The second-order valence-corrected chi connectivity index (χ2v) is 7.71. The second-order valence-electron chi connectivity index (χ2n) is 6.20. The van der Waals surface area contributed by atoms with Crippen LogP contribution in [0.5, 0.6) is 0 Å². The van der Waals surface area contributed by atoms with E-state index in [1.165, 1.54) is 11.8 Å². The molecule has 1 atom stereocenters. The normalized spacial score (nSPS) is 12.0. The van der Waals surface area contributed by atoms with Crippen molar-refractivity contribution >= 4 is 29.3 Å². The van der Waals surface area contributed by atoms with Crippen LogP contribution in [0.15, 0.2) is 59.8 Å². The number of halogens is 1. The summed E-state index contributed by atoms with van der Waals surface area (Å²) in [6, 6.07) is 17.3. The minimum atomic E-state index is -0.386. The van der Waals surface area contributed by atoms with E-state index in [1.54, 1.807) is 19.0 Å². The lowest BCUT2D eigenvalue weighted by Gasteiger charge is -2.20. The molecule has 3 aromatic rings. The number of rotatable bonds is 6. The Bertz CT molecular complexity index is 927. The summed E-state index contributed by atoms with van der Waals surface area (Å²) in [5.74, 6) is 0.757. The molecule has 1 amide bonds. The summed E-state index contributed by atoms with van der Waals surface area (Å²) >= 11 is 7.54. The van der Waals surface area contributed by atoms with Crippen LogP contribution in [0.4, 0.5) is 0 Å². The molecule has 1 unspecified atom stereocenters. The van der Waals surface area contributed by atoms with Gasteiger partial charge in [-0.2, -0.15) is 0 Å². The van der Waals surface area contributed by atoms with Gasteiger partial charge in [0.1, 0.15) is 5.25 Å². The zero-order valence-electron chi connectivity index (χ0n) is 15.5. The first-order valence-electron chi connectivity index (χ1n) is 8.63. The summed E-state index contributed by atoms with van der Waals surface area (Å²) in [6.07, 6.45) is 0. The van der Waals surface area contributed by atoms with Crippen LogP contribution < -0.4 is 0 Å². The second kappa shape index (κ2) is 8.59. The molecule has 2 aromatic carbocycles. The van der Waals surface area contributed by atoms with E-state index in [2.05, 4.69) is 10.2 Å². The Morgan fingerprint density at radius 2 is 1.89 bits per heavy atom. The molecule has 3 rings (SSSR count). The summed E-state index contributed by atoms with van der Waals surface area (Å²) in [7, 11) is 3.53. The molecule has 0 N–H and O–H groups in total. The number of amides is 1. The largest absolute Gasteiger partial charge is 0.348 e. The summed E-state index contributed by atoms with van der Waals surface area (Å²) in [5.41, 5.74) is 1.84. The van der Waals surface area contributed by atoms with Crippen LogP contribution in [0.3, 0.4) is 0 Å². The maximum absolute atomic E-state index is 12.8. The number of thioether (sulfide) groups is 1. The lowest BCUT2D eigenvalue weighted by Crippen LogP contribution is -2.27. The van der Waals surface area contributed by atoms with Crippen LogP contribution in [0, 0.1) is 0 Å². The Hall–Kier alpha value is -2.31. The number of hydrogen-bond acceptors (Lipinski definition) is 4. The predicted molar refractivity (Wildman–Crippen MR) is 110 cm³/mol. The van der Waals surface area contributed by atoms with Crippen LogP contribution in [-0.2, 0) is 11.3 Å². The third-order valence-electron chi connectivity index (χ3n) is 4.11. The zero-order chi connectivity index (χ0) is 19.4. The van der Waals surface area contributed by atoms with Gasteiger partial charge in [-0.1, -0.05) is 65.8 Å². The Balaban J connectivity index is 1.98. The van der Waals surface area contributed by atoms with Crippen molar-refractivity contribution in [3.8, 4) is 11.4 Å². The minimum absolute atomic E-state index is 0.0150. The van der Waals surface area contributed by atoms with Crippen LogP contribution in [-0.4, -0.2) is 39.7 Å². The standard InChI is InChI=1S/C20H21ClN4OS/c1-4-25-18(15-11-8-12-16(21)13-15)22-23-20(25)27-17(19(26)24(2)3)14-9-6-5-7-10-14/h5-13,17H,4H2,1-3H3. The molecule has 1 heterocycles. The fourth-order valence-electron chi connectivity index (χ4n) is 2.73. The number of carbonyl (C=O) groups excluding carboxylic acids is 1. The van der Waals surface area contributed by atoms with Crippen molar-refractivity contribution in [2.24, 2.45) is 0 Å². The molecule has 0 saturated carbocycles. The smallest absolute Gasteiger partial charge is 0.240 e. The van der Waals surface area contributed by atoms with Gasteiger partial charge in [0, 0.05) is 31.2 Å². The van der Waals surface area contributed by atoms with E-state index in [9.17, 15) is 4.79 Å². The van der Waals surface area contributed by atoms with Crippen LogP contribution in [0.25, 0.3) is 11.4 Å². The Labute approximate surface area is 168 Å². The Morgan fingerprint density at radius 3 is 2.52 bits per heavy atom. The highest BCUT2D eigenvalue weighted by Crippen LogP contribution is 2.37. The number of aromatic nitrogens is 3. The number of benzene rings is 2. The minimum Gasteiger partial charge on any atom is -0.348 e. The molecule has 0 fully saturated rings. The molecule has 5 nitrogen and oxygen atoms in total. The van der Waals surface area contributed by atoms with Crippen molar-refractivity contribution in [3.05, 3.63) is 65.2 Å². The number of likely N-dealkylation sites (N-methyl/N-ethyl adjacent to an activating group) is 1. The van der Waals surface area contributed by atoms with Crippen molar-refractivity contribution in [1.82, 2.24) is 19.7 Å². The lowest BCUT2D eigenvalue weighted by molar-refractivity contribution is -0.128. The molecule has 0 aliphatic carbocycles. The number of carbonyl (C=O) groups is 1. The Morgan fingerprint density at radius 1 is 1.15 bits per heavy atom.